The van der Waals surface area contributed by atoms with Crippen molar-refractivity contribution in [1.82, 2.24) is 14.5 Å². The summed E-state index contributed by atoms with van der Waals surface area (Å²) in [4.78, 5) is 22.5. The summed E-state index contributed by atoms with van der Waals surface area (Å²) in [5, 5.41) is 4.02. The minimum atomic E-state index is -1.96. The monoisotopic (exact) mass is 490 g/mol. The predicted octanol–water partition coefficient (Wildman–Crippen LogP) is 6.69. The Kier molecular flexibility index (Phi) is 8.06. The molecule has 0 amide bonds. The van der Waals surface area contributed by atoms with E-state index in [1.54, 1.807) is 23.9 Å². The van der Waals surface area contributed by atoms with E-state index in [0.29, 0.717) is 39.5 Å². The van der Waals surface area contributed by atoms with Crippen LogP contribution in [0.1, 0.15) is 67.0 Å². The van der Waals surface area contributed by atoms with E-state index >= 15 is 0 Å². The van der Waals surface area contributed by atoms with Crippen LogP contribution >= 0.6 is 0 Å². The third-order valence-corrected chi connectivity index (χ3v) is 13.2. The van der Waals surface area contributed by atoms with Crippen LogP contribution < -0.4 is 15.6 Å². The van der Waals surface area contributed by atoms with Crippen molar-refractivity contribution in [3.8, 4) is 17.2 Å². The molecule has 0 saturated carbocycles. The number of benzene rings is 1. The lowest BCUT2D eigenvalue weighted by atomic mass is 10.2. The normalized spacial score (nSPS) is 11.9. The number of nitrogens with zero attached hydrogens (tertiary/aromatic N) is 3. The highest BCUT2D eigenvalue weighted by atomic mass is 28.3. The van der Waals surface area contributed by atoms with Crippen LogP contribution in [0, 0.1) is 11.5 Å². The average molecular weight is 491 g/mol. The smallest absolute Gasteiger partial charge is 0.253 e. The van der Waals surface area contributed by atoms with E-state index in [0.717, 1.165) is 11.1 Å². The van der Waals surface area contributed by atoms with E-state index in [9.17, 15) is 4.79 Å². The van der Waals surface area contributed by atoms with Gasteiger partial charge in [-0.3, -0.25) is 9.36 Å². The van der Waals surface area contributed by atoms with Gasteiger partial charge in [-0.1, -0.05) is 59.6 Å². The summed E-state index contributed by atoms with van der Waals surface area (Å²) in [6.07, 6.45) is 1.77. The molecule has 3 aromatic rings. The maximum atomic E-state index is 13.2. The number of aromatic nitrogens is 3. The van der Waals surface area contributed by atoms with Crippen molar-refractivity contribution in [2.75, 3.05) is 12.4 Å². The largest absolute Gasteiger partial charge is 0.495 e. The zero-order valence-electron chi connectivity index (χ0n) is 22.4. The predicted molar refractivity (Wildman–Crippen MR) is 148 cm³/mol. The summed E-state index contributed by atoms with van der Waals surface area (Å²) in [6, 6.07) is 9.18. The van der Waals surface area contributed by atoms with E-state index in [4.69, 9.17) is 9.72 Å². The molecule has 2 aromatic heterocycles. The van der Waals surface area contributed by atoms with Gasteiger partial charge >= 0.3 is 0 Å². The standard InChI is InChI=1S/C28H38N4O2Si/c1-18(2)32-26(33)16-22(14-15-35(19(3)4,20(5)6)21(7)8)23-17-29-28(31-27(23)32)30-24-12-10-11-13-25(24)34-9/h10-13,16-21H,1-9H3,(H,29,30,31). The highest BCUT2D eigenvalue weighted by molar-refractivity contribution is 6.90. The topological polar surface area (TPSA) is 69.0 Å². The molecule has 186 valence electrons. The quantitative estimate of drug-likeness (QED) is 0.295. The summed E-state index contributed by atoms with van der Waals surface area (Å²) >= 11 is 0. The van der Waals surface area contributed by atoms with Crippen molar-refractivity contribution in [3.05, 3.63) is 52.4 Å². The van der Waals surface area contributed by atoms with Gasteiger partial charge in [0.25, 0.3) is 5.56 Å². The van der Waals surface area contributed by atoms with Crippen molar-refractivity contribution in [1.29, 1.82) is 0 Å². The van der Waals surface area contributed by atoms with Crippen LogP contribution in [-0.4, -0.2) is 29.7 Å². The Morgan fingerprint density at radius 2 is 1.63 bits per heavy atom. The van der Waals surface area contributed by atoms with Gasteiger partial charge in [-0.25, -0.2) is 4.98 Å². The SMILES string of the molecule is COc1ccccc1Nc1ncc2c(C#C[Si](C(C)C)(C(C)C)C(C)C)cc(=O)n(C(C)C)c2n1. The molecule has 0 aliphatic rings. The second-order valence-electron chi connectivity index (χ2n) is 10.3. The molecule has 0 radical (unpaired) electrons. The number of anilines is 2. The van der Waals surface area contributed by atoms with Crippen molar-refractivity contribution in [2.45, 2.75) is 78.1 Å². The molecule has 0 bridgehead atoms. The number of methoxy groups -OCH3 is 1. The second kappa shape index (κ2) is 10.7. The van der Waals surface area contributed by atoms with Crippen LogP contribution in [0.15, 0.2) is 41.3 Å². The molecule has 1 aromatic carbocycles. The summed E-state index contributed by atoms with van der Waals surface area (Å²) in [5.74, 6) is 4.53. The van der Waals surface area contributed by atoms with E-state index in [-0.39, 0.29) is 11.6 Å². The molecule has 0 unspecified atom stereocenters. The lowest BCUT2D eigenvalue weighted by Crippen LogP contribution is -2.43. The zero-order chi connectivity index (χ0) is 25.9. The van der Waals surface area contributed by atoms with Gasteiger partial charge < -0.3 is 10.1 Å². The van der Waals surface area contributed by atoms with E-state index < -0.39 is 8.07 Å². The molecule has 1 N–H and O–H groups in total. The lowest BCUT2D eigenvalue weighted by molar-refractivity contribution is 0.417. The van der Waals surface area contributed by atoms with Crippen LogP contribution in [0.3, 0.4) is 0 Å². The molecule has 0 spiro atoms. The maximum Gasteiger partial charge on any atom is 0.253 e. The summed E-state index contributed by atoms with van der Waals surface area (Å²) in [7, 11) is -0.337. The number of pyridine rings is 1. The first-order chi connectivity index (χ1) is 16.5. The van der Waals surface area contributed by atoms with Gasteiger partial charge in [0.15, 0.2) is 0 Å². The molecular weight excluding hydrogens is 452 g/mol. The Labute approximate surface area is 210 Å². The van der Waals surface area contributed by atoms with Gasteiger partial charge in [0.1, 0.15) is 19.5 Å². The highest BCUT2D eigenvalue weighted by Crippen LogP contribution is 2.41. The van der Waals surface area contributed by atoms with Crippen LogP contribution in [0.2, 0.25) is 16.6 Å². The van der Waals surface area contributed by atoms with Gasteiger partial charge in [0.05, 0.1) is 18.2 Å². The summed E-state index contributed by atoms with van der Waals surface area (Å²) < 4.78 is 7.14. The van der Waals surface area contributed by atoms with Gasteiger partial charge in [-0.2, -0.15) is 4.98 Å². The van der Waals surface area contributed by atoms with Gasteiger partial charge in [0, 0.05) is 23.9 Å². The number of ether oxygens (including phenoxy) is 1. The first kappa shape index (κ1) is 26.5. The summed E-state index contributed by atoms with van der Waals surface area (Å²) in [5.41, 5.74) is 7.18. The number of rotatable bonds is 7. The molecule has 0 fully saturated rings. The Morgan fingerprint density at radius 3 is 2.20 bits per heavy atom. The second-order valence-corrected chi connectivity index (χ2v) is 15.8. The molecule has 7 heteroatoms. The molecule has 0 aliphatic heterocycles. The maximum absolute atomic E-state index is 13.2. The average Bonchev–Trinajstić information content (AvgIpc) is 2.78. The Bertz CT molecular complexity index is 1290. The van der Waals surface area contributed by atoms with Gasteiger partial charge in [-0.15, -0.1) is 5.54 Å². The van der Waals surface area contributed by atoms with Crippen molar-refractivity contribution in [3.63, 3.8) is 0 Å². The van der Waals surface area contributed by atoms with Crippen molar-refractivity contribution < 1.29 is 4.74 Å². The molecule has 0 aliphatic carbocycles. The molecule has 2 heterocycles. The zero-order valence-corrected chi connectivity index (χ0v) is 23.4. The van der Waals surface area contributed by atoms with E-state index in [1.165, 1.54) is 0 Å². The minimum Gasteiger partial charge on any atom is -0.495 e. The van der Waals surface area contributed by atoms with Crippen LogP contribution in [0.5, 0.6) is 5.75 Å². The van der Waals surface area contributed by atoms with E-state index in [2.05, 4.69) is 63.3 Å². The number of para-hydroxylation sites is 2. The van der Waals surface area contributed by atoms with Crippen LogP contribution in [0.4, 0.5) is 11.6 Å². The molecule has 0 saturated heterocycles. The van der Waals surface area contributed by atoms with Crippen LogP contribution in [-0.2, 0) is 0 Å². The molecule has 0 atom stereocenters. The summed E-state index contributed by atoms with van der Waals surface area (Å²) in [6.45, 7) is 17.7. The first-order valence-corrected chi connectivity index (χ1v) is 14.6. The molecule has 6 nitrogen and oxygen atoms in total. The number of hydrogen-bond acceptors (Lipinski definition) is 5. The third-order valence-electron chi connectivity index (χ3n) is 6.94. The molecular formula is C28H38N4O2Si. The van der Waals surface area contributed by atoms with Gasteiger partial charge in [-0.05, 0) is 42.6 Å². The fraction of sp³-hybridized carbons (Fsp3) is 0.464. The Balaban J connectivity index is 2.22. The van der Waals surface area contributed by atoms with Gasteiger partial charge in [0.2, 0.25) is 5.95 Å². The minimum absolute atomic E-state index is 0.0588. The van der Waals surface area contributed by atoms with E-state index in [1.807, 2.05) is 38.1 Å². The Hall–Kier alpha value is -3.11. The molecule has 35 heavy (non-hydrogen) atoms. The third kappa shape index (κ3) is 5.13. The lowest BCUT2D eigenvalue weighted by Gasteiger charge is -2.38. The fourth-order valence-electron chi connectivity index (χ4n) is 5.26. The Morgan fingerprint density at radius 1 is 1.00 bits per heavy atom. The number of nitrogens with one attached hydrogen (secondary N) is 1. The first-order valence-electron chi connectivity index (χ1n) is 12.4. The fourth-order valence-corrected chi connectivity index (χ4v) is 10.5. The molecule has 3 rings (SSSR count). The number of hydrogen-bond donors (Lipinski definition) is 1. The van der Waals surface area contributed by atoms with Crippen molar-refractivity contribution in [2.24, 2.45) is 0 Å². The highest BCUT2D eigenvalue weighted by Gasteiger charge is 2.41. The van der Waals surface area contributed by atoms with Crippen LogP contribution in [0.25, 0.3) is 11.0 Å². The number of fused-ring (bicyclic) bond motifs is 1. The van der Waals surface area contributed by atoms with Crippen molar-refractivity contribution >= 4 is 30.7 Å².